The van der Waals surface area contributed by atoms with E-state index in [2.05, 4.69) is 181 Å². The van der Waals surface area contributed by atoms with E-state index in [9.17, 15) is 0 Å². The molecule has 6 aromatic carbocycles. The number of hydrogen-bond acceptors (Lipinski definition) is 0. The first kappa shape index (κ1) is 26.6. The number of para-hydroxylation sites is 3. The van der Waals surface area contributed by atoms with E-state index >= 15 is 0 Å². The van der Waals surface area contributed by atoms with Gasteiger partial charge in [0.1, 0.15) is 0 Å². The number of nitrogens with zero attached hydrogens (tertiary/aromatic N) is 2. The van der Waals surface area contributed by atoms with Crippen molar-refractivity contribution in [2.45, 2.75) is 25.2 Å². The highest BCUT2D eigenvalue weighted by Crippen LogP contribution is 2.55. The van der Waals surface area contributed by atoms with Crippen molar-refractivity contribution in [3.8, 4) is 22.5 Å². The first-order valence-electron chi connectivity index (χ1n) is 16.7. The van der Waals surface area contributed by atoms with Crippen molar-refractivity contribution in [2.24, 2.45) is 5.92 Å². The van der Waals surface area contributed by atoms with Gasteiger partial charge in [0.2, 0.25) is 0 Å². The van der Waals surface area contributed by atoms with Gasteiger partial charge < -0.3 is 9.13 Å². The number of benzene rings is 6. The smallest absolute Gasteiger partial charge is 0.0562 e. The van der Waals surface area contributed by atoms with Gasteiger partial charge in [0.05, 0.1) is 27.8 Å². The largest absolute Gasteiger partial charge is 0.309 e. The fourth-order valence-electron chi connectivity index (χ4n) is 9.01. The molecular weight excluding hydrogens is 569 g/mol. The van der Waals surface area contributed by atoms with Crippen LogP contribution in [-0.4, -0.2) is 9.13 Å². The second-order valence-electron chi connectivity index (χ2n) is 13.8. The van der Waals surface area contributed by atoms with Crippen molar-refractivity contribution in [2.75, 3.05) is 0 Å². The van der Waals surface area contributed by atoms with Crippen LogP contribution < -0.4 is 0 Å². The molecule has 0 fully saturated rings. The maximum Gasteiger partial charge on any atom is 0.0562 e. The van der Waals surface area contributed by atoms with E-state index in [1.165, 1.54) is 77.2 Å². The van der Waals surface area contributed by atoms with E-state index in [-0.39, 0.29) is 5.41 Å². The van der Waals surface area contributed by atoms with Crippen LogP contribution in [0.1, 0.15) is 30.9 Å². The van der Waals surface area contributed by atoms with Gasteiger partial charge in [-0.3, -0.25) is 0 Å². The molecule has 8 aromatic rings. The molecule has 0 amide bonds. The summed E-state index contributed by atoms with van der Waals surface area (Å²) in [6, 6.07) is 49.3. The van der Waals surface area contributed by atoms with Crippen molar-refractivity contribution < 1.29 is 0 Å². The molecule has 2 aliphatic carbocycles. The number of fused-ring (bicyclic) bond motifs is 9. The van der Waals surface area contributed by atoms with E-state index in [1.807, 2.05) is 0 Å². The van der Waals surface area contributed by atoms with Crippen molar-refractivity contribution in [1.29, 1.82) is 0 Å². The summed E-state index contributed by atoms with van der Waals surface area (Å²) < 4.78 is 4.91. The summed E-state index contributed by atoms with van der Waals surface area (Å²) in [4.78, 5) is 0. The van der Waals surface area contributed by atoms with Gasteiger partial charge in [0.15, 0.2) is 0 Å². The van der Waals surface area contributed by atoms with Gasteiger partial charge in [-0.05, 0) is 82.1 Å². The Bertz CT molecular complexity index is 2550. The molecule has 2 aliphatic rings. The van der Waals surface area contributed by atoms with Crippen molar-refractivity contribution in [3.63, 3.8) is 0 Å². The van der Waals surface area contributed by atoms with Gasteiger partial charge in [-0.1, -0.05) is 123 Å². The van der Waals surface area contributed by atoms with Crippen molar-refractivity contribution in [3.05, 3.63) is 169 Å². The molecule has 0 saturated carbocycles. The zero-order chi connectivity index (χ0) is 31.3. The Kier molecular flexibility index (Phi) is 5.49. The van der Waals surface area contributed by atoms with E-state index in [4.69, 9.17) is 0 Å². The van der Waals surface area contributed by atoms with Crippen LogP contribution in [0.25, 0.3) is 66.1 Å². The van der Waals surface area contributed by atoms with Crippen LogP contribution in [0.4, 0.5) is 0 Å². The summed E-state index contributed by atoms with van der Waals surface area (Å²) in [7, 11) is 0. The standard InChI is InChI=1S/C45H34N2/c1-45(2)37-21-9-6-16-32(37)35-20-12-19-31(44(35)45)29-26-27-40-36(28-29)43-41(46(40)30-14-4-3-5-15-30)24-13-25-42(43)47-38-22-10-7-17-33(38)34-18-8-11-23-39(34)47/h3-28,32,37H,1-2H3. The van der Waals surface area contributed by atoms with Gasteiger partial charge in [0, 0.05) is 33.2 Å². The average Bonchev–Trinajstić information content (AvgIpc) is 3.72. The predicted octanol–water partition coefficient (Wildman–Crippen LogP) is 11.7. The summed E-state index contributed by atoms with van der Waals surface area (Å²) in [5, 5.41) is 5.09. The quantitative estimate of drug-likeness (QED) is 0.190. The van der Waals surface area contributed by atoms with Crippen LogP contribution in [0, 0.1) is 5.92 Å². The van der Waals surface area contributed by atoms with Crippen LogP contribution in [0.15, 0.2) is 158 Å². The normalized spacial score (nSPS) is 18.0. The molecule has 2 nitrogen and oxygen atoms in total. The summed E-state index contributed by atoms with van der Waals surface area (Å²) in [6.45, 7) is 4.87. The zero-order valence-corrected chi connectivity index (χ0v) is 26.6. The summed E-state index contributed by atoms with van der Waals surface area (Å²) >= 11 is 0. The lowest BCUT2D eigenvalue weighted by Gasteiger charge is -2.30. The molecule has 2 aromatic heterocycles. The molecule has 2 heterocycles. The lowest BCUT2D eigenvalue weighted by atomic mass is 9.73. The minimum atomic E-state index is 0.0268. The molecule has 0 spiro atoms. The third kappa shape index (κ3) is 3.61. The fourth-order valence-corrected chi connectivity index (χ4v) is 9.01. The number of hydrogen-bond donors (Lipinski definition) is 0. The molecule has 0 saturated heterocycles. The second-order valence-corrected chi connectivity index (χ2v) is 13.8. The predicted molar refractivity (Wildman–Crippen MR) is 198 cm³/mol. The first-order chi connectivity index (χ1) is 23.1. The van der Waals surface area contributed by atoms with E-state index in [0.29, 0.717) is 11.8 Å². The lowest BCUT2D eigenvalue weighted by molar-refractivity contribution is 0.395. The monoisotopic (exact) mass is 602 g/mol. The Morgan fingerprint density at radius 2 is 1.19 bits per heavy atom. The van der Waals surface area contributed by atoms with Gasteiger partial charge >= 0.3 is 0 Å². The van der Waals surface area contributed by atoms with Gasteiger partial charge in [-0.25, -0.2) is 0 Å². The van der Waals surface area contributed by atoms with E-state index in [1.54, 1.807) is 0 Å². The molecule has 0 N–H and O–H groups in total. The third-order valence-electron chi connectivity index (χ3n) is 11.0. The third-order valence-corrected chi connectivity index (χ3v) is 11.0. The Labute approximate surface area is 274 Å². The van der Waals surface area contributed by atoms with Gasteiger partial charge in [-0.2, -0.15) is 0 Å². The van der Waals surface area contributed by atoms with Crippen LogP contribution in [-0.2, 0) is 5.41 Å². The van der Waals surface area contributed by atoms with Crippen molar-refractivity contribution in [1.82, 2.24) is 9.13 Å². The minimum Gasteiger partial charge on any atom is -0.309 e. The minimum absolute atomic E-state index is 0.0268. The van der Waals surface area contributed by atoms with Crippen LogP contribution >= 0.6 is 0 Å². The molecule has 0 aliphatic heterocycles. The molecule has 47 heavy (non-hydrogen) atoms. The molecule has 2 heteroatoms. The number of allylic oxidation sites excluding steroid dienone is 4. The second kappa shape index (κ2) is 9.70. The molecule has 224 valence electrons. The summed E-state index contributed by atoms with van der Waals surface area (Å²) in [6.07, 6.45) is 9.27. The SMILES string of the molecule is CC1(C)c2c(-c3ccc4c(c3)c3c(-n5c6ccccc6c6ccccc65)cccc3n4-c3ccccc3)cccc2C2C=CC=CC21. The van der Waals surface area contributed by atoms with Crippen LogP contribution in [0.5, 0.6) is 0 Å². The van der Waals surface area contributed by atoms with Crippen molar-refractivity contribution >= 4 is 43.6 Å². The molecule has 0 radical (unpaired) electrons. The molecule has 2 atom stereocenters. The Balaban J connectivity index is 1.31. The Morgan fingerprint density at radius 1 is 0.532 bits per heavy atom. The van der Waals surface area contributed by atoms with Crippen LogP contribution in [0.2, 0.25) is 0 Å². The summed E-state index contributed by atoms with van der Waals surface area (Å²) in [5.41, 5.74) is 12.9. The van der Waals surface area contributed by atoms with E-state index < -0.39 is 0 Å². The molecule has 2 unspecified atom stereocenters. The molecule has 10 rings (SSSR count). The number of aromatic nitrogens is 2. The topological polar surface area (TPSA) is 9.86 Å². The highest BCUT2D eigenvalue weighted by Gasteiger charge is 2.45. The Morgan fingerprint density at radius 3 is 1.98 bits per heavy atom. The molecule has 0 bridgehead atoms. The molecular formula is C45H34N2. The average molecular weight is 603 g/mol. The van der Waals surface area contributed by atoms with Crippen LogP contribution in [0.3, 0.4) is 0 Å². The van der Waals surface area contributed by atoms with Gasteiger partial charge in [0.25, 0.3) is 0 Å². The number of rotatable bonds is 3. The lowest BCUT2D eigenvalue weighted by Crippen LogP contribution is -2.25. The Hall–Kier alpha value is -5.60. The van der Waals surface area contributed by atoms with E-state index in [0.717, 1.165) is 0 Å². The fraction of sp³-hybridized carbons (Fsp3) is 0.111. The maximum absolute atomic E-state index is 2.47. The first-order valence-corrected chi connectivity index (χ1v) is 16.7. The maximum atomic E-state index is 2.47. The van der Waals surface area contributed by atoms with Gasteiger partial charge in [-0.15, -0.1) is 0 Å². The zero-order valence-electron chi connectivity index (χ0n) is 26.6. The highest BCUT2D eigenvalue weighted by atomic mass is 15.0. The summed E-state index contributed by atoms with van der Waals surface area (Å²) in [5.74, 6) is 0.893. The highest BCUT2D eigenvalue weighted by molar-refractivity contribution is 6.17.